The molecule has 1 saturated heterocycles. The van der Waals surface area contributed by atoms with E-state index in [0.29, 0.717) is 17.9 Å². The number of nitrogens with two attached hydrogens (primary N) is 1. The SMILES string of the molecule is NC1(C(=O)Nc2ccc(NC(=O)NCC3CCCO3)cc2)CC1. The van der Waals surface area contributed by atoms with Gasteiger partial charge in [-0.15, -0.1) is 0 Å². The summed E-state index contributed by atoms with van der Waals surface area (Å²) in [6.45, 7) is 1.28. The summed E-state index contributed by atoms with van der Waals surface area (Å²) < 4.78 is 5.45. The third kappa shape index (κ3) is 4.20. The van der Waals surface area contributed by atoms with Crippen LogP contribution in [0.25, 0.3) is 0 Å². The second-order valence-electron chi connectivity index (χ2n) is 6.16. The van der Waals surface area contributed by atoms with Crippen LogP contribution in [0.5, 0.6) is 0 Å². The molecule has 1 aromatic rings. The van der Waals surface area contributed by atoms with Gasteiger partial charge in [0.2, 0.25) is 5.91 Å². The number of carbonyl (C=O) groups excluding carboxylic acids is 2. The second-order valence-corrected chi connectivity index (χ2v) is 6.16. The molecule has 1 heterocycles. The van der Waals surface area contributed by atoms with Crippen molar-refractivity contribution in [2.75, 3.05) is 23.8 Å². The minimum Gasteiger partial charge on any atom is -0.376 e. The van der Waals surface area contributed by atoms with E-state index in [9.17, 15) is 9.59 Å². The van der Waals surface area contributed by atoms with Crippen molar-refractivity contribution >= 4 is 23.3 Å². The summed E-state index contributed by atoms with van der Waals surface area (Å²) in [5.74, 6) is -0.160. The first-order valence-electron chi connectivity index (χ1n) is 7.92. The van der Waals surface area contributed by atoms with Gasteiger partial charge in [0.15, 0.2) is 0 Å². The molecule has 0 radical (unpaired) electrons. The van der Waals surface area contributed by atoms with Gasteiger partial charge >= 0.3 is 6.03 Å². The molecule has 0 spiro atoms. The van der Waals surface area contributed by atoms with E-state index in [2.05, 4.69) is 16.0 Å². The zero-order valence-electron chi connectivity index (χ0n) is 12.9. The zero-order valence-corrected chi connectivity index (χ0v) is 12.9. The van der Waals surface area contributed by atoms with Crippen molar-refractivity contribution in [3.05, 3.63) is 24.3 Å². The minimum absolute atomic E-state index is 0.115. The molecule has 1 aliphatic carbocycles. The van der Waals surface area contributed by atoms with Crippen LogP contribution in [0.2, 0.25) is 0 Å². The Kier molecular flexibility index (Phi) is 4.49. The fraction of sp³-hybridized carbons (Fsp3) is 0.500. The first-order valence-corrected chi connectivity index (χ1v) is 7.92. The van der Waals surface area contributed by atoms with Gasteiger partial charge in [-0.2, -0.15) is 0 Å². The Morgan fingerprint density at radius 3 is 2.39 bits per heavy atom. The third-order valence-electron chi connectivity index (χ3n) is 4.16. The molecule has 5 N–H and O–H groups in total. The molecule has 1 aliphatic heterocycles. The number of anilines is 2. The maximum Gasteiger partial charge on any atom is 0.319 e. The molecule has 1 unspecified atom stereocenters. The first-order chi connectivity index (χ1) is 11.0. The van der Waals surface area contributed by atoms with E-state index in [1.807, 2.05) is 0 Å². The number of benzene rings is 1. The number of urea groups is 1. The molecular weight excluding hydrogens is 296 g/mol. The van der Waals surface area contributed by atoms with Gasteiger partial charge in [0.05, 0.1) is 11.6 Å². The van der Waals surface area contributed by atoms with Crippen LogP contribution in [-0.2, 0) is 9.53 Å². The van der Waals surface area contributed by atoms with E-state index < -0.39 is 5.54 Å². The van der Waals surface area contributed by atoms with Gasteiger partial charge in [-0.1, -0.05) is 0 Å². The zero-order chi connectivity index (χ0) is 16.3. The lowest BCUT2D eigenvalue weighted by molar-refractivity contribution is -0.118. The Labute approximate surface area is 134 Å². The minimum atomic E-state index is -0.695. The molecule has 1 aromatic carbocycles. The van der Waals surface area contributed by atoms with Crippen molar-refractivity contribution in [1.29, 1.82) is 0 Å². The fourth-order valence-electron chi connectivity index (χ4n) is 2.44. The van der Waals surface area contributed by atoms with Crippen molar-refractivity contribution < 1.29 is 14.3 Å². The van der Waals surface area contributed by atoms with Crippen molar-refractivity contribution in [3.8, 4) is 0 Å². The number of nitrogens with one attached hydrogen (secondary N) is 3. The average Bonchev–Trinajstić information content (AvgIpc) is 3.09. The Hall–Kier alpha value is -2.12. The Morgan fingerprint density at radius 2 is 1.83 bits per heavy atom. The highest BCUT2D eigenvalue weighted by Crippen LogP contribution is 2.33. The topological polar surface area (TPSA) is 105 Å². The van der Waals surface area contributed by atoms with Crippen LogP contribution in [0.1, 0.15) is 25.7 Å². The second kappa shape index (κ2) is 6.55. The van der Waals surface area contributed by atoms with Gasteiger partial charge in [-0.05, 0) is 49.9 Å². The lowest BCUT2D eigenvalue weighted by Crippen LogP contribution is -2.37. The van der Waals surface area contributed by atoms with Crippen LogP contribution < -0.4 is 21.7 Å². The van der Waals surface area contributed by atoms with Gasteiger partial charge in [-0.3, -0.25) is 4.79 Å². The van der Waals surface area contributed by atoms with Gasteiger partial charge in [0, 0.05) is 24.5 Å². The molecule has 1 saturated carbocycles. The molecule has 23 heavy (non-hydrogen) atoms. The summed E-state index contributed by atoms with van der Waals surface area (Å²) >= 11 is 0. The van der Waals surface area contributed by atoms with Crippen molar-refractivity contribution in [3.63, 3.8) is 0 Å². The van der Waals surface area contributed by atoms with Crippen LogP contribution in [0.4, 0.5) is 16.2 Å². The molecule has 7 nitrogen and oxygen atoms in total. The summed E-state index contributed by atoms with van der Waals surface area (Å²) in [5.41, 5.74) is 6.45. The maximum absolute atomic E-state index is 11.8. The van der Waals surface area contributed by atoms with E-state index in [-0.39, 0.29) is 18.0 Å². The van der Waals surface area contributed by atoms with Crippen LogP contribution in [-0.4, -0.2) is 36.7 Å². The normalized spacial score (nSPS) is 21.5. The highest BCUT2D eigenvalue weighted by molar-refractivity contribution is 6.00. The summed E-state index contributed by atoms with van der Waals surface area (Å²) in [4.78, 5) is 23.7. The lowest BCUT2D eigenvalue weighted by atomic mass is 10.2. The molecule has 2 aliphatic rings. The molecule has 0 bridgehead atoms. The van der Waals surface area contributed by atoms with E-state index >= 15 is 0 Å². The van der Waals surface area contributed by atoms with Gasteiger partial charge in [0.25, 0.3) is 0 Å². The van der Waals surface area contributed by atoms with E-state index in [1.165, 1.54) is 0 Å². The number of rotatable bonds is 5. The number of ether oxygens (including phenoxy) is 1. The summed E-state index contributed by atoms with van der Waals surface area (Å²) in [6.07, 6.45) is 3.60. The van der Waals surface area contributed by atoms with Gasteiger partial charge in [0.1, 0.15) is 0 Å². The standard InChI is InChI=1S/C16H22N4O3/c17-16(7-8-16)14(21)19-11-3-5-12(6-4-11)20-15(22)18-10-13-2-1-9-23-13/h3-6,13H,1-2,7-10,17H2,(H,19,21)(H2,18,20,22). The van der Waals surface area contributed by atoms with Crippen LogP contribution in [0.15, 0.2) is 24.3 Å². The summed E-state index contributed by atoms with van der Waals surface area (Å²) in [6, 6.07) is 6.67. The Bertz CT molecular complexity index is 577. The average molecular weight is 318 g/mol. The van der Waals surface area contributed by atoms with Crippen molar-refractivity contribution in [2.24, 2.45) is 5.73 Å². The number of amides is 3. The van der Waals surface area contributed by atoms with Crippen LogP contribution in [0.3, 0.4) is 0 Å². The number of hydrogen-bond donors (Lipinski definition) is 4. The number of hydrogen-bond acceptors (Lipinski definition) is 4. The third-order valence-corrected chi connectivity index (χ3v) is 4.16. The quantitative estimate of drug-likeness (QED) is 0.659. The molecule has 124 valence electrons. The van der Waals surface area contributed by atoms with Gasteiger partial charge in [-0.25, -0.2) is 4.79 Å². The molecule has 7 heteroatoms. The van der Waals surface area contributed by atoms with Gasteiger partial charge < -0.3 is 26.4 Å². The molecular formula is C16H22N4O3. The Balaban J connectivity index is 1.45. The smallest absolute Gasteiger partial charge is 0.319 e. The van der Waals surface area contributed by atoms with Crippen LogP contribution >= 0.6 is 0 Å². The monoisotopic (exact) mass is 318 g/mol. The maximum atomic E-state index is 11.8. The predicted molar refractivity (Wildman–Crippen MR) is 87.2 cm³/mol. The molecule has 3 rings (SSSR count). The van der Waals surface area contributed by atoms with Crippen molar-refractivity contribution in [1.82, 2.24) is 5.32 Å². The fourth-order valence-corrected chi connectivity index (χ4v) is 2.44. The summed E-state index contributed by atoms with van der Waals surface area (Å²) in [7, 11) is 0. The number of carbonyl (C=O) groups is 2. The highest BCUT2D eigenvalue weighted by Gasteiger charge is 2.45. The van der Waals surface area contributed by atoms with E-state index in [0.717, 1.165) is 32.3 Å². The summed E-state index contributed by atoms with van der Waals surface area (Å²) in [5, 5.41) is 8.31. The van der Waals surface area contributed by atoms with E-state index in [4.69, 9.17) is 10.5 Å². The molecule has 0 aromatic heterocycles. The predicted octanol–water partition coefficient (Wildman–Crippen LogP) is 1.42. The van der Waals surface area contributed by atoms with Crippen molar-refractivity contribution in [2.45, 2.75) is 37.3 Å². The highest BCUT2D eigenvalue weighted by atomic mass is 16.5. The van der Waals surface area contributed by atoms with E-state index in [1.54, 1.807) is 24.3 Å². The molecule has 3 amide bonds. The first kappa shape index (κ1) is 15.8. The van der Waals surface area contributed by atoms with Crippen LogP contribution in [0, 0.1) is 0 Å². The Morgan fingerprint density at radius 1 is 1.17 bits per heavy atom. The lowest BCUT2D eigenvalue weighted by Gasteiger charge is -2.13. The molecule has 2 fully saturated rings. The largest absolute Gasteiger partial charge is 0.376 e. The molecule has 1 atom stereocenters.